The van der Waals surface area contributed by atoms with E-state index in [0.29, 0.717) is 38.9 Å². The molecule has 1 saturated heterocycles. The summed E-state index contributed by atoms with van der Waals surface area (Å²) in [5.74, 6) is 1.67. The first-order chi connectivity index (χ1) is 16.5. The topological polar surface area (TPSA) is 68.2 Å². The van der Waals surface area contributed by atoms with Crippen LogP contribution in [0.3, 0.4) is 0 Å². The summed E-state index contributed by atoms with van der Waals surface area (Å²) in [4.78, 5) is 26.1. The van der Waals surface area contributed by atoms with Gasteiger partial charge >= 0.3 is 0 Å². The van der Waals surface area contributed by atoms with Gasteiger partial charge in [0.1, 0.15) is 6.61 Å². The van der Waals surface area contributed by atoms with Gasteiger partial charge in [-0.05, 0) is 66.0 Å². The molecule has 7 rings (SSSR count). The predicted octanol–water partition coefficient (Wildman–Crippen LogP) is 4.97. The third-order valence-corrected chi connectivity index (χ3v) is 8.13. The lowest BCUT2D eigenvalue weighted by molar-refractivity contribution is -0.140. The van der Waals surface area contributed by atoms with E-state index in [2.05, 4.69) is 17.3 Å². The van der Waals surface area contributed by atoms with Crippen molar-refractivity contribution in [2.45, 2.75) is 13.0 Å². The summed E-state index contributed by atoms with van der Waals surface area (Å²) in [6.07, 6.45) is 6.96. The molecule has 6 nitrogen and oxygen atoms in total. The Morgan fingerprint density at radius 1 is 1.00 bits per heavy atom. The van der Waals surface area contributed by atoms with Crippen LogP contribution in [0.15, 0.2) is 53.7 Å². The Bertz CT molecular complexity index is 1220. The van der Waals surface area contributed by atoms with E-state index >= 15 is 0 Å². The van der Waals surface area contributed by atoms with E-state index in [9.17, 15) is 9.59 Å². The van der Waals surface area contributed by atoms with Gasteiger partial charge in [0.05, 0.1) is 25.2 Å². The number of allylic oxidation sites excluding steroid dienone is 2. The molecule has 8 heteroatoms. The van der Waals surface area contributed by atoms with Gasteiger partial charge in [0.25, 0.3) is 11.8 Å². The maximum atomic E-state index is 13.1. The number of ether oxygens (including phenoxy) is 2. The number of carbonyl (C=O) groups is 2. The molecule has 2 amide bonds. The van der Waals surface area contributed by atoms with Gasteiger partial charge < -0.3 is 9.47 Å². The van der Waals surface area contributed by atoms with Crippen LogP contribution in [0.5, 0.6) is 11.5 Å². The Labute approximate surface area is 207 Å². The van der Waals surface area contributed by atoms with Gasteiger partial charge in [0.2, 0.25) is 0 Å². The van der Waals surface area contributed by atoms with Crippen LogP contribution in [-0.4, -0.2) is 30.1 Å². The predicted molar refractivity (Wildman–Crippen MR) is 128 cm³/mol. The number of benzene rings is 2. The fourth-order valence-corrected chi connectivity index (χ4v) is 6.32. The monoisotopic (exact) mass is 496 g/mol. The zero-order valence-electron chi connectivity index (χ0n) is 18.4. The van der Waals surface area contributed by atoms with Crippen molar-refractivity contribution < 1.29 is 19.1 Å². The molecule has 174 valence electrons. The summed E-state index contributed by atoms with van der Waals surface area (Å²) in [7, 11) is 1.55. The van der Waals surface area contributed by atoms with E-state index in [0.717, 1.165) is 17.0 Å². The average molecular weight is 497 g/mol. The van der Waals surface area contributed by atoms with Crippen molar-refractivity contribution >= 4 is 41.2 Å². The van der Waals surface area contributed by atoms with Crippen molar-refractivity contribution in [3.8, 4) is 11.5 Å². The first-order valence-electron chi connectivity index (χ1n) is 11.3. The number of carbonyl (C=O) groups excluding carboxylic acids is 2. The number of rotatable bonds is 6. The lowest BCUT2D eigenvalue weighted by Crippen LogP contribution is -2.40. The second kappa shape index (κ2) is 8.14. The van der Waals surface area contributed by atoms with Crippen LogP contribution in [0.25, 0.3) is 0 Å². The van der Waals surface area contributed by atoms with E-state index in [1.807, 2.05) is 6.07 Å². The van der Waals surface area contributed by atoms with Gasteiger partial charge in [-0.1, -0.05) is 41.4 Å². The average Bonchev–Trinajstić information content (AvgIpc) is 3.62. The Kier molecular flexibility index (Phi) is 5.19. The number of nitrogens with zero attached hydrogens (tertiary/aromatic N) is 2. The Balaban J connectivity index is 1.17. The van der Waals surface area contributed by atoms with Crippen LogP contribution in [0.2, 0.25) is 10.0 Å². The van der Waals surface area contributed by atoms with Gasteiger partial charge in [0, 0.05) is 15.6 Å². The lowest BCUT2D eigenvalue weighted by Gasteiger charge is -2.37. The fraction of sp³-hybridized carbons (Fsp3) is 0.346. The molecule has 2 aromatic carbocycles. The largest absolute Gasteiger partial charge is 0.493 e. The second-order valence-corrected chi connectivity index (χ2v) is 10.2. The van der Waals surface area contributed by atoms with E-state index in [1.165, 1.54) is 6.21 Å². The number of hydrazone groups is 1. The van der Waals surface area contributed by atoms with Crippen molar-refractivity contribution in [1.82, 2.24) is 5.01 Å². The van der Waals surface area contributed by atoms with Crippen molar-refractivity contribution in [2.24, 2.45) is 40.6 Å². The normalized spacial score (nSPS) is 30.6. The summed E-state index contributed by atoms with van der Waals surface area (Å²) in [6.45, 7) is 0.248. The van der Waals surface area contributed by atoms with Gasteiger partial charge in [-0.3, -0.25) is 9.59 Å². The molecule has 0 radical (unpaired) electrons. The Morgan fingerprint density at radius 3 is 2.35 bits per heavy atom. The molecular formula is C26H22Cl2N2O4. The smallest absolute Gasteiger partial charge is 0.254 e. The summed E-state index contributed by atoms with van der Waals surface area (Å²) < 4.78 is 11.4. The minimum Gasteiger partial charge on any atom is -0.493 e. The third-order valence-electron chi connectivity index (χ3n) is 7.55. The molecule has 2 aromatic rings. The van der Waals surface area contributed by atoms with Gasteiger partial charge in [-0.15, -0.1) is 0 Å². The van der Waals surface area contributed by atoms with Crippen molar-refractivity contribution in [2.75, 3.05) is 7.11 Å². The SMILES string of the molecule is COc1cc(C=NN2C(=O)[C@@H]3[C@H]4C=C[C@@H]([C@@H]5C[C@H]45)[C@@H]3C2=O)ccc1OCc1ccc(Cl)cc1Cl. The second-order valence-electron chi connectivity index (χ2n) is 9.32. The first kappa shape index (κ1) is 21.7. The molecule has 3 fully saturated rings. The summed E-state index contributed by atoms with van der Waals surface area (Å²) in [5, 5.41) is 6.45. The van der Waals surface area contributed by atoms with Crippen LogP contribution >= 0.6 is 23.2 Å². The Morgan fingerprint density at radius 2 is 1.71 bits per heavy atom. The molecule has 2 bridgehead atoms. The number of hydrogen-bond donors (Lipinski definition) is 0. The number of halogens is 2. The summed E-state index contributed by atoms with van der Waals surface area (Å²) in [5.41, 5.74) is 1.49. The number of methoxy groups -OCH3 is 1. The van der Waals surface area contributed by atoms with E-state index in [-0.39, 0.29) is 42.1 Å². The highest BCUT2D eigenvalue weighted by atomic mass is 35.5. The molecule has 2 saturated carbocycles. The van der Waals surface area contributed by atoms with Gasteiger partial charge in [-0.2, -0.15) is 10.1 Å². The molecule has 0 N–H and O–H groups in total. The minimum atomic E-state index is -0.256. The molecular weight excluding hydrogens is 475 g/mol. The standard InChI is InChI=1S/C26H22Cl2N2O4/c1-33-22-8-13(2-7-21(22)34-12-14-3-4-15(27)9-20(14)28)11-29-30-25(31)23-16-5-6-17(19-10-18(16)19)24(23)26(30)32/h2-9,11,16-19,23-24H,10,12H2,1H3/t16-,17-,18-,19+,23-,24+/m0/s1. The lowest BCUT2D eigenvalue weighted by atomic mass is 9.63. The number of imide groups is 1. The van der Waals surface area contributed by atoms with Crippen LogP contribution in [0.1, 0.15) is 17.5 Å². The summed E-state index contributed by atoms with van der Waals surface area (Å²) >= 11 is 12.2. The van der Waals surface area contributed by atoms with E-state index in [4.69, 9.17) is 32.7 Å². The van der Waals surface area contributed by atoms with Crippen molar-refractivity contribution in [3.63, 3.8) is 0 Å². The molecule has 4 aliphatic carbocycles. The first-order valence-corrected chi connectivity index (χ1v) is 12.1. The van der Waals surface area contributed by atoms with E-state index in [1.54, 1.807) is 37.4 Å². The molecule has 5 aliphatic rings. The molecule has 34 heavy (non-hydrogen) atoms. The van der Waals surface area contributed by atoms with Crippen LogP contribution in [-0.2, 0) is 16.2 Å². The van der Waals surface area contributed by atoms with Crippen molar-refractivity contribution in [3.05, 3.63) is 69.7 Å². The maximum Gasteiger partial charge on any atom is 0.254 e. The van der Waals surface area contributed by atoms with Crippen LogP contribution in [0.4, 0.5) is 0 Å². The molecule has 0 aromatic heterocycles. The van der Waals surface area contributed by atoms with Crippen LogP contribution in [0, 0.1) is 35.5 Å². The Hall–Kier alpha value is -2.83. The summed E-state index contributed by atoms with van der Waals surface area (Å²) in [6, 6.07) is 10.5. The van der Waals surface area contributed by atoms with Gasteiger partial charge in [0.15, 0.2) is 11.5 Å². The molecule has 0 unspecified atom stereocenters. The fourth-order valence-electron chi connectivity index (χ4n) is 5.86. The van der Waals surface area contributed by atoms with Gasteiger partial charge in [-0.25, -0.2) is 0 Å². The van der Waals surface area contributed by atoms with Crippen LogP contribution < -0.4 is 9.47 Å². The molecule has 6 atom stereocenters. The third kappa shape index (κ3) is 3.43. The molecule has 1 heterocycles. The van der Waals surface area contributed by atoms with E-state index < -0.39 is 0 Å². The number of amides is 2. The highest BCUT2D eigenvalue weighted by molar-refractivity contribution is 6.35. The highest BCUT2D eigenvalue weighted by Crippen LogP contribution is 2.65. The number of hydrogen-bond acceptors (Lipinski definition) is 5. The van der Waals surface area contributed by atoms with Crippen molar-refractivity contribution in [1.29, 1.82) is 0 Å². The zero-order valence-corrected chi connectivity index (χ0v) is 19.9. The molecule has 1 aliphatic heterocycles. The maximum absolute atomic E-state index is 13.1. The minimum absolute atomic E-state index is 0.178. The highest BCUT2D eigenvalue weighted by Gasteiger charge is 2.67. The quantitative estimate of drug-likeness (QED) is 0.321. The molecule has 0 spiro atoms. The zero-order chi connectivity index (χ0) is 23.6.